The molecule has 1 aliphatic carbocycles. The third-order valence-electron chi connectivity index (χ3n) is 3.49. The molecule has 1 saturated carbocycles. The second kappa shape index (κ2) is 6.96. The van der Waals surface area contributed by atoms with Gasteiger partial charge in [0.05, 0.1) is 16.4 Å². The summed E-state index contributed by atoms with van der Waals surface area (Å²) in [4.78, 5) is 0. The zero-order valence-corrected chi connectivity index (χ0v) is 13.2. The largest absolute Gasteiger partial charge is 0.386 e. The first kappa shape index (κ1) is 14.4. The first-order valence-corrected chi connectivity index (χ1v) is 8.57. The molecule has 1 atom stereocenters. The van der Waals surface area contributed by atoms with E-state index in [-0.39, 0.29) is 0 Å². The van der Waals surface area contributed by atoms with Crippen LogP contribution in [0.1, 0.15) is 50.8 Å². The van der Waals surface area contributed by atoms with Gasteiger partial charge in [-0.25, -0.2) is 0 Å². The highest BCUT2D eigenvalue weighted by Crippen LogP contribution is 2.32. The molecule has 1 heterocycles. The van der Waals surface area contributed by atoms with Crippen molar-refractivity contribution in [3.05, 3.63) is 16.4 Å². The zero-order chi connectivity index (χ0) is 13.0. The van der Waals surface area contributed by atoms with Crippen LogP contribution in [0.15, 0.2) is 10.7 Å². The van der Waals surface area contributed by atoms with Gasteiger partial charge in [-0.05, 0) is 35.7 Å². The Morgan fingerprint density at radius 1 is 1.50 bits per heavy atom. The highest BCUT2D eigenvalue weighted by Gasteiger charge is 2.20. The van der Waals surface area contributed by atoms with Crippen LogP contribution in [-0.4, -0.2) is 25.9 Å². The summed E-state index contributed by atoms with van der Waals surface area (Å²) in [7, 11) is 0. The molecule has 0 saturated heterocycles. The van der Waals surface area contributed by atoms with Crippen LogP contribution in [-0.2, 0) is 6.54 Å². The summed E-state index contributed by atoms with van der Waals surface area (Å²) in [5.41, 5.74) is 0.917. The predicted molar refractivity (Wildman–Crippen MR) is 79.9 cm³/mol. The van der Waals surface area contributed by atoms with E-state index in [4.69, 9.17) is 0 Å². The molecule has 1 fully saturated rings. The number of hydrogen-bond acceptors (Lipinski definition) is 3. The minimum Gasteiger partial charge on any atom is -0.386 e. The average molecular weight is 333 g/mol. The molecule has 1 aliphatic rings. The van der Waals surface area contributed by atoms with E-state index in [9.17, 15) is 5.11 Å². The number of aliphatic hydroxyl groups excluding tert-OH is 1. The highest BCUT2D eigenvalue weighted by atomic mass is 79.9. The van der Waals surface area contributed by atoms with Crippen LogP contribution < -0.4 is 0 Å². The summed E-state index contributed by atoms with van der Waals surface area (Å²) in [5, 5.41) is 15.3. The molecule has 102 valence electrons. The summed E-state index contributed by atoms with van der Waals surface area (Å²) in [6.07, 6.45) is 8.06. The Morgan fingerprint density at radius 2 is 2.22 bits per heavy atom. The fraction of sp³-hybridized carbons (Fsp3) is 0.769. The van der Waals surface area contributed by atoms with Crippen molar-refractivity contribution in [3.63, 3.8) is 0 Å². The number of thioether (sulfide) groups is 1. The highest BCUT2D eigenvalue weighted by molar-refractivity contribution is 9.10. The zero-order valence-electron chi connectivity index (χ0n) is 10.8. The van der Waals surface area contributed by atoms with Crippen molar-refractivity contribution < 1.29 is 5.11 Å². The Labute approximate surface area is 121 Å². The minimum atomic E-state index is -0.422. The number of aliphatic hydroxyl groups is 1. The van der Waals surface area contributed by atoms with Gasteiger partial charge >= 0.3 is 0 Å². The third kappa shape index (κ3) is 3.52. The van der Waals surface area contributed by atoms with Gasteiger partial charge in [-0.2, -0.15) is 16.9 Å². The lowest BCUT2D eigenvalue weighted by Crippen LogP contribution is -2.14. The first-order chi connectivity index (χ1) is 8.72. The van der Waals surface area contributed by atoms with Crippen molar-refractivity contribution in [1.82, 2.24) is 9.78 Å². The normalized spacial score (nSPS) is 19.1. The van der Waals surface area contributed by atoms with E-state index in [1.807, 2.05) is 23.4 Å². The molecule has 1 aromatic rings. The maximum Gasteiger partial charge on any atom is 0.106 e. The van der Waals surface area contributed by atoms with E-state index < -0.39 is 6.10 Å². The monoisotopic (exact) mass is 332 g/mol. The Balaban J connectivity index is 1.90. The topological polar surface area (TPSA) is 38.0 Å². The number of aryl methyl sites for hydroxylation is 1. The van der Waals surface area contributed by atoms with Crippen LogP contribution in [0.25, 0.3) is 0 Å². The molecule has 3 nitrogen and oxygen atoms in total. The molecule has 0 amide bonds. The number of nitrogens with zero attached hydrogens (tertiary/aromatic N) is 2. The standard InChI is InChI=1S/C13H21BrN2OS/c1-2-16-13(11(14)8-15-16)12(17)9-18-10-6-4-3-5-7-10/h8,10,12,17H,2-7,9H2,1H3. The Bertz CT molecular complexity index is 377. The van der Waals surface area contributed by atoms with Crippen molar-refractivity contribution in [2.24, 2.45) is 0 Å². The number of aromatic nitrogens is 2. The Morgan fingerprint density at radius 3 is 2.89 bits per heavy atom. The van der Waals surface area contributed by atoms with E-state index in [2.05, 4.69) is 21.0 Å². The summed E-state index contributed by atoms with van der Waals surface area (Å²) >= 11 is 5.39. The fourth-order valence-corrected chi connectivity index (χ4v) is 4.33. The predicted octanol–water partition coefficient (Wildman–Crippen LogP) is 3.76. The Hall–Kier alpha value is -0.0000000000000000555. The molecule has 1 aromatic heterocycles. The quantitative estimate of drug-likeness (QED) is 0.891. The van der Waals surface area contributed by atoms with E-state index >= 15 is 0 Å². The summed E-state index contributed by atoms with van der Waals surface area (Å²) in [5.74, 6) is 0.773. The maximum atomic E-state index is 10.3. The van der Waals surface area contributed by atoms with Crippen molar-refractivity contribution in [2.45, 2.75) is 56.9 Å². The van der Waals surface area contributed by atoms with Crippen molar-refractivity contribution in [1.29, 1.82) is 0 Å². The number of hydrogen-bond donors (Lipinski definition) is 1. The van der Waals surface area contributed by atoms with E-state index in [1.165, 1.54) is 32.1 Å². The van der Waals surface area contributed by atoms with Crippen LogP contribution >= 0.6 is 27.7 Å². The smallest absolute Gasteiger partial charge is 0.106 e. The van der Waals surface area contributed by atoms with E-state index in [1.54, 1.807) is 6.20 Å². The SMILES string of the molecule is CCn1ncc(Br)c1C(O)CSC1CCCCC1. The Kier molecular flexibility index (Phi) is 5.57. The van der Waals surface area contributed by atoms with Crippen LogP contribution in [0, 0.1) is 0 Å². The van der Waals surface area contributed by atoms with Crippen LogP contribution in [0.5, 0.6) is 0 Å². The molecular weight excluding hydrogens is 312 g/mol. The molecule has 2 rings (SSSR count). The van der Waals surface area contributed by atoms with Gasteiger partial charge in [-0.1, -0.05) is 19.3 Å². The summed E-state index contributed by atoms with van der Waals surface area (Å²) in [6, 6.07) is 0. The molecule has 18 heavy (non-hydrogen) atoms. The van der Waals surface area contributed by atoms with E-state index in [0.29, 0.717) is 0 Å². The van der Waals surface area contributed by atoms with E-state index in [0.717, 1.165) is 27.7 Å². The van der Waals surface area contributed by atoms with Gasteiger partial charge in [-0.15, -0.1) is 0 Å². The second-order valence-electron chi connectivity index (χ2n) is 4.80. The van der Waals surface area contributed by atoms with Crippen LogP contribution in [0.3, 0.4) is 0 Å². The minimum absolute atomic E-state index is 0.422. The molecular formula is C13H21BrN2OS. The third-order valence-corrected chi connectivity index (χ3v) is 5.55. The van der Waals surface area contributed by atoms with Crippen molar-refractivity contribution in [3.8, 4) is 0 Å². The van der Waals surface area contributed by atoms with Crippen LogP contribution in [0.2, 0.25) is 0 Å². The summed E-state index contributed by atoms with van der Waals surface area (Å²) in [6.45, 7) is 2.84. The van der Waals surface area contributed by atoms with Gasteiger partial charge in [0.1, 0.15) is 6.10 Å². The molecule has 1 N–H and O–H groups in total. The fourth-order valence-electron chi connectivity index (χ4n) is 2.49. The summed E-state index contributed by atoms with van der Waals surface area (Å²) < 4.78 is 2.79. The maximum absolute atomic E-state index is 10.3. The van der Waals surface area contributed by atoms with Crippen LogP contribution in [0.4, 0.5) is 0 Å². The average Bonchev–Trinajstić information content (AvgIpc) is 2.78. The lowest BCUT2D eigenvalue weighted by Gasteiger charge is -2.22. The first-order valence-electron chi connectivity index (χ1n) is 6.73. The molecule has 5 heteroatoms. The van der Waals surface area contributed by atoms with Gasteiger partial charge < -0.3 is 5.11 Å². The molecule has 1 unspecified atom stereocenters. The van der Waals surface area contributed by atoms with Gasteiger partial charge in [-0.3, -0.25) is 4.68 Å². The number of halogens is 1. The molecule has 0 bridgehead atoms. The lowest BCUT2D eigenvalue weighted by atomic mass is 10.0. The van der Waals surface area contributed by atoms with Gasteiger partial charge in [0.2, 0.25) is 0 Å². The van der Waals surface area contributed by atoms with Gasteiger partial charge in [0.15, 0.2) is 0 Å². The van der Waals surface area contributed by atoms with Crippen molar-refractivity contribution >= 4 is 27.7 Å². The molecule has 0 radical (unpaired) electrons. The molecule has 0 aliphatic heterocycles. The van der Waals surface area contributed by atoms with Gasteiger partial charge in [0.25, 0.3) is 0 Å². The van der Waals surface area contributed by atoms with Gasteiger partial charge in [0, 0.05) is 17.5 Å². The molecule has 0 spiro atoms. The lowest BCUT2D eigenvalue weighted by molar-refractivity contribution is 0.191. The molecule has 0 aromatic carbocycles. The second-order valence-corrected chi connectivity index (χ2v) is 6.99. The van der Waals surface area contributed by atoms with Crippen molar-refractivity contribution in [2.75, 3.05) is 5.75 Å². The number of rotatable bonds is 5.